The summed E-state index contributed by atoms with van der Waals surface area (Å²) < 4.78 is 12.7. The second kappa shape index (κ2) is 11.0. The van der Waals surface area contributed by atoms with Crippen LogP contribution in [0.25, 0.3) is 22.8 Å². The molecule has 226 valence electrons. The predicted octanol–water partition coefficient (Wildman–Crippen LogP) is 5.23. The summed E-state index contributed by atoms with van der Waals surface area (Å²) in [4.78, 5) is 25.3. The number of nitriles is 1. The molecule has 4 N–H and O–H groups in total. The lowest BCUT2D eigenvalue weighted by Crippen LogP contribution is -2.38. The number of thiophene rings is 1. The SMILES string of the molecule is C[C@H](Oc1cc(-c2cccc(C(N)=O)c2)nc(-c2noc3c2CCC[C@@]32CCCc3sc(N)c(C#N)c32)n1)[C@@H]1CCCN1C. The van der Waals surface area contributed by atoms with Gasteiger partial charge in [-0.3, -0.25) is 9.69 Å². The van der Waals surface area contributed by atoms with Crippen LogP contribution in [0.15, 0.2) is 34.9 Å². The Bertz CT molecular complexity index is 1800. The molecule has 1 spiro atoms. The van der Waals surface area contributed by atoms with Gasteiger partial charge in [0.05, 0.1) is 16.7 Å². The van der Waals surface area contributed by atoms with Crippen molar-refractivity contribution in [3.05, 3.63) is 63.2 Å². The zero-order chi connectivity index (χ0) is 30.6. The van der Waals surface area contributed by atoms with E-state index in [2.05, 4.69) is 30.1 Å². The van der Waals surface area contributed by atoms with Gasteiger partial charge >= 0.3 is 0 Å². The summed E-state index contributed by atoms with van der Waals surface area (Å²) in [7, 11) is 2.12. The van der Waals surface area contributed by atoms with Crippen LogP contribution in [0.3, 0.4) is 0 Å². The third kappa shape index (κ3) is 4.64. The monoisotopic (exact) mass is 609 g/mol. The number of nitrogens with zero attached hydrogens (tertiary/aromatic N) is 5. The fourth-order valence-electron chi connectivity index (χ4n) is 7.59. The Balaban J connectivity index is 1.35. The summed E-state index contributed by atoms with van der Waals surface area (Å²) in [5.74, 6) is 1.12. The average Bonchev–Trinajstić information content (AvgIpc) is 3.74. The van der Waals surface area contributed by atoms with Crippen molar-refractivity contribution in [1.29, 1.82) is 5.26 Å². The van der Waals surface area contributed by atoms with Gasteiger partial charge in [-0.05, 0) is 89.6 Å². The number of likely N-dealkylation sites (N-methyl/N-ethyl adjacent to an activating group) is 1. The first kappa shape index (κ1) is 28.5. The number of carbonyl (C=O) groups is 1. The Morgan fingerprint density at radius 3 is 2.80 bits per heavy atom. The minimum Gasteiger partial charge on any atom is -0.473 e. The van der Waals surface area contributed by atoms with Gasteiger partial charge in [-0.25, -0.2) is 4.98 Å². The topological polar surface area (TPSA) is 157 Å². The second-order valence-electron chi connectivity index (χ2n) is 12.3. The number of carbonyl (C=O) groups excluding carboxylic acids is 1. The summed E-state index contributed by atoms with van der Waals surface area (Å²) >= 11 is 1.52. The Kier molecular flexibility index (Phi) is 7.14. The third-order valence-electron chi connectivity index (χ3n) is 9.64. The zero-order valence-corrected chi connectivity index (χ0v) is 25.7. The summed E-state index contributed by atoms with van der Waals surface area (Å²) in [5, 5.41) is 15.2. The smallest absolute Gasteiger partial charge is 0.248 e. The number of hydrogen-bond donors (Lipinski definition) is 2. The molecule has 0 bridgehead atoms. The number of likely N-dealkylation sites (tertiary alicyclic amines) is 1. The highest BCUT2D eigenvalue weighted by atomic mass is 32.1. The maximum atomic E-state index is 12.0. The van der Waals surface area contributed by atoms with Crippen LogP contribution < -0.4 is 16.2 Å². The number of hydrogen-bond acceptors (Lipinski definition) is 10. The molecule has 3 aliphatic rings. The molecule has 1 amide bonds. The number of aryl methyl sites for hydroxylation is 1. The summed E-state index contributed by atoms with van der Waals surface area (Å²) in [5.41, 5.74) is 16.3. The second-order valence-corrected chi connectivity index (χ2v) is 13.4. The molecule has 1 saturated heterocycles. The van der Waals surface area contributed by atoms with Gasteiger partial charge in [-0.15, -0.1) is 11.3 Å². The van der Waals surface area contributed by atoms with E-state index < -0.39 is 11.3 Å². The molecule has 44 heavy (non-hydrogen) atoms. The van der Waals surface area contributed by atoms with Crippen LogP contribution >= 0.6 is 11.3 Å². The highest BCUT2D eigenvalue weighted by Crippen LogP contribution is 2.55. The number of nitrogen functional groups attached to an aromatic ring is 1. The molecule has 4 heterocycles. The largest absolute Gasteiger partial charge is 0.473 e. The first-order valence-electron chi connectivity index (χ1n) is 15.3. The lowest BCUT2D eigenvalue weighted by atomic mass is 9.63. The number of rotatable bonds is 6. The Labute approximate surface area is 260 Å². The standard InChI is InChI=1S/C33H35N7O3S/c1-18(24-10-6-14-40(24)2)42-26-16-23(19-7-3-8-20(15-19)30(35)41)37-32(38-26)28-21-9-4-12-33(29(21)43-39-28)13-5-11-25-27(33)22(17-34)31(36)44-25/h3,7-8,15-16,18,24H,4-6,9-14,36H2,1-2H3,(H2,35,41)/t18-,24-,33-/m0/s1. The van der Waals surface area contributed by atoms with E-state index in [9.17, 15) is 10.1 Å². The molecule has 0 saturated carbocycles. The maximum Gasteiger partial charge on any atom is 0.248 e. The number of aromatic nitrogens is 3. The van der Waals surface area contributed by atoms with E-state index in [0.29, 0.717) is 39.2 Å². The van der Waals surface area contributed by atoms with Gasteiger partial charge in [0.2, 0.25) is 11.8 Å². The van der Waals surface area contributed by atoms with Crippen LogP contribution in [0.4, 0.5) is 5.00 Å². The minimum atomic E-state index is -0.510. The molecule has 1 fully saturated rings. The van der Waals surface area contributed by atoms with Crippen molar-refractivity contribution in [2.75, 3.05) is 19.3 Å². The van der Waals surface area contributed by atoms with Gasteiger partial charge in [0.25, 0.3) is 0 Å². The van der Waals surface area contributed by atoms with Crippen molar-refractivity contribution in [3.63, 3.8) is 0 Å². The van der Waals surface area contributed by atoms with Gasteiger partial charge in [0.1, 0.15) is 17.2 Å². The molecular formula is C33H35N7O3S. The van der Waals surface area contributed by atoms with E-state index in [1.807, 2.05) is 12.1 Å². The minimum absolute atomic E-state index is 0.0985. The van der Waals surface area contributed by atoms with Crippen LogP contribution in [0.5, 0.6) is 5.88 Å². The van der Waals surface area contributed by atoms with E-state index in [-0.39, 0.29) is 12.1 Å². The van der Waals surface area contributed by atoms with Gasteiger partial charge in [-0.1, -0.05) is 17.3 Å². The van der Waals surface area contributed by atoms with E-state index in [1.54, 1.807) is 18.2 Å². The molecule has 10 nitrogen and oxygen atoms in total. The Hall–Kier alpha value is -4.27. The van der Waals surface area contributed by atoms with Crippen molar-refractivity contribution in [2.24, 2.45) is 5.73 Å². The molecule has 2 aliphatic carbocycles. The molecular weight excluding hydrogens is 574 g/mol. The highest BCUT2D eigenvalue weighted by Gasteiger charge is 2.48. The van der Waals surface area contributed by atoms with Crippen LogP contribution in [-0.4, -0.2) is 51.7 Å². The molecule has 11 heteroatoms. The van der Waals surface area contributed by atoms with Crippen molar-refractivity contribution in [2.45, 2.75) is 75.9 Å². The van der Waals surface area contributed by atoms with E-state index in [1.165, 1.54) is 16.2 Å². The third-order valence-corrected chi connectivity index (χ3v) is 10.7. The first-order chi connectivity index (χ1) is 21.3. The number of primary amides is 1. The zero-order valence-electron chi connectivity index (χ0n) is 24.9. The van der Waals surface area contributed by atoms with Crippen molar-refractivity contribution in [1.82, 2.24) is 20.0 Å². The lowest BCUT2D eigenvalue weighted by molar-refractivity contribution is 0.1000. The molecule has 3 atom stereocenters. The molecule has 0 unspecified atom stereocenters. The molecule has 7 rings (SSSR count). The van der Waals surface area contributed by atoms with Gasteiger partial charge < -0.3 is 20.7 Å². The van der Waals surface area contributed by atoms with Gasteiger partial charge in [0, 0.05) is 33.7 Å². The van der Waals surface area contributed by atoms with E-state index in [0.717, 1.165) is 80.4 Å². The van der Waals surface area contributed by atoms with Gasteiger partial charge in [0.15, 0.2) is 17.3 Å². The quantitative estimate of drug-likeness (QED) is 0.298. The van der Waals surface area contributed by atoms with Crippen LogP contribution in [0, 0.1) is 11.3 Å². The fourth-order valence-corrected chi connectivity index (χ4v) is 8.75. The maximum absolute atomic E-state index is 12.0. The van der Waals surface area contributed by atoms with Crippen molar-refractivity contribution < 1.29 is 14.1 Å². The number of benzene rings is 1. The molecule has 1 aliphatic heterocycles. The van der Waals surface area contributed by atoms with E-state index >= 15 is 0 Å². The number of amides is 1. The summed E-state index contributed by atoms with van der Waals surface area (Å²) in [6, 6.07) is 11.6. The van der Waals surface area contributed by atoms with Crippen LogP contribution in [0.1, 0.15) is 83.1 Å². The summed E-state index contributed by atoms with van der Waals surface area (Å²) in [6.07, 6.45) is 7.40. The van der Waals surface area contributed by atoms with Crippen molar-refractivity contribution in [3.8, 4) is 34.7 Å². The molecule has 3 aromatic heterocycles. The predicted molar refractivity (Wildman–Crippen MR) is 167 cm³/mol. The molecule has 1 aromatic carbocycles. The first-order valence-corrected chi connectivity index (χ1v) is 16.1. The normalized spacial score (nSPS) is 21.9. The van der Waals surface area contributed by atoms with Crippen molar-refractivity contribution >= 4 is 22.2 Å². The molecule has 0 radical (unpaired) electrons. The van der Waals surface area contributed by atoms with Gasteiger partial charge in [-0.2, -0.15) is 10.2 Å². The Morgan fingerprint density at radius 2 is 2.05 bits per heavy atom. The Morgan fingerprint density at radius 1 is 1.23 bits per heavy atom. The number of anilines is 1. The van der Waals surface area contributed by atoms with Crippen LogP contribution in [0.2, 0.25) is 0 Å². The highest BCUT2D eigenvalue weighted by molar-refractivity contribution is 7.16. The lowest BCUT2D eigenvalue weighted by Gasteiger charge is -2.39. The number of ether oxygens (including phenoxy) is 1. The number of fused-ring (bicyclic) bond motifs is 4. The fraction of sp³-hybridized carbons (Fsp3) is 0.424. The van der Waals surface area contributed by atoms with Crippen LogP contribution in [-0.2, 0) is 18.3 Å². The number of nitrogens with two attached hydrogens (primary N) is 2. The molecule has 4 aromatic rings. The average molecular weight is 610 g/mol. The van der Waals surface area contributed by atoms with E-state index in [4.69, 9.17) is 30.7 Å². The summed E-state index contributed by atoms with van der Waals surface area (Å²) in [6.45, 7) is 3.11.